The molecule has 1 saturated carbocycles. The van der Waals surface area contributed by atoms with Crippen LogP contribution in [-0.2, 0) is 22.6 Å². The van der Waals surface area contributed by atoms with Crippen molar-refractivity contribution in [2.45, 2.75) is 70.5 Å². The Morgan fingerprint density at radius 2 is 1.63 bits per heavy atom. The average molecular weight is 578 g/mol. The van der Waals surface area contributed by atoms with Gasteiger partial charge in [0.25, 0.3) is 5.91 Å². The number of benzene rings is 3. The van der Waals surface area contributed by atoms with E-state index in [2.05, 4.69) is 35.1 Å². The van der Waals surface area contributed by atoms with Crippen molar-refractivity contribution in [2.24, 2.45) is 0 Å². The lowest BCUT2D eigenvalue weighted by molar-refractivity contribution is -0.143. The van der Waals surface area contributed by atoms with Crippen molar-refractivity contribution in [3.8, 4) is 5.75 Å². The van der Waals surface area contributed by atoms with Crippen molar-refractivity contribution >= 4 is 27.7 Å². The van der Waals surface area contributed by atoms with Crippen LogP contribution >= 0.6 is 15.9 Å². The smallest absolute Gasteiger partial charge is 0.261 e. The van der Waals surface area contributed by atoms with Gasteiger partial charge in [-0.05, 0) is 59.7 Å². The first-order valence-electron chi connectivity index (χ1n) is 13.5. The van der Waals surface area contributed by atoms with E-state index in [1.807, 2.05) is 78.9 Å². The molecule has 6 heteroatoms. The minimum atomic E-state index is -0.656. The van der Waals surface area contributed by atoms with E-state index < -0.39 is 6.04 Å². The van der Waals surface area contributed by atoms with Gasteiger partial charge in [0, 0.05) is 23.5 Å². The number of hydrogen-bond acceptors (Lipinski definition) is 3. The van der Waals surface area contributed by atoms with Gasteiger partial charge in [-0.3, -0.25) is 9.59 Å². The Balaban J connectivity index is 1.59. The quantitative estimate of drug-likeness (QED) is 0.278. The van der Waals surface area contributed by atoms with Crippen molar-refractivity contribution in [1.29, 1.82) is 0 Å². The predicted octanol–water partition coefficient (Wildman–Crippen LogP) is 6.65. The van der Waals surface area contributed by atoms with Crippen molar-refractivity contribution in [2.75, 3.05) is 6.61 Å². The molecule has 0 bridgehead atoms. The van der Waals surface area contributed by atoms with Crippen LogP contribution in [0.2, 0.25) is 0 Å². The Morgan fingerprint density at radius 1 is 0.947 bits per heavy atom. The summed E-state index contributed by atoms with van der Waals surface area (Å²) in [6.45, 7) is 4.45. The van der Waals surface area contributed by atoms with Gasteiger partial charge in [0.05, 0.1) is 0 Å². The van der Waals surface area contributed by atoms with Gasteiger partial charge in [0.15, 0.2) is 6.61 Å². The van der Waals surface area contributed by atoms with E-state index in [1.54, 1.807) is 4.90 Å². The largest absolute Gasteiger partial charge is 0.484 e. The van der Waals surface area contributed by atoms with Crippen LogP contribution in [-0.4, -0.2) is 35.4 Å². The van der Waals surface area contributed by atoms with E-state index in [9.17, 15) is 9.59 Å². The van der Waals surface area contributed by atoms with Crippen LogP contribution in [0, 0.1) is 0 Å². The van der Waals surface area contributed by atoms with E-state index in [0.717, 1.165) is 41.3 Å². The molecule has 1 aliphatic carbocycles. The maximum Gasteiger partial charge on any atom is 0.261 e. The highest BCUT2D eigenvalue weighted by Gasteiger charge is 2.32. The van der Waals surface area contributed by atoms with Crippen LogP contribution in [0.3, 0.4) is 0 Å². The first-order chi connectivity index (χ1) is 18.4. The molecule has 4 rings (SSSR count). The summed E-state index contributed by atoms with van der Waals surface area (Å²) < 4.78 is 6.86. The standard InChI is InChI=1S/C32H37BrN2O3/c1-23(2)26-15-17-29(18-16-26)38-22-31(36)35(21-25-11-8-12-27(33)19-25)30(20-24-9-4-3-5-10-24)32(37)34-28-13-6-7-14-28/h3-5,8-12,15-19,23,28,30H,6-7,13-14,20-22H2,1-2H3,(H,34,37)/t30-/m1/s1. The number of carbonyl (C=O) groups is 2. The molecule has 5 nitrogen and oxygen atoms in total. The molecule has 0 radical (unpaired) electrons. The monoisotopic (exact) mass is 576 g/mol. The van der Waals surface area contributed by atoms with E-state index >= 15 is 0 Å². The molecule has 0 spiro atoms. The third kappa shape index (κ3) is 7.94. The Kier molecular flexibility index (Phi) is 9.99. The second-order valence-electron chi connectivity index (χ2n) is 10.4. The van der Waals surface area contributed by atoms with E-state index in [1.165, 1.54) is 5.56 Å². The zero-order chi connectivity index (χ0) is 26.9. The van der Waals surface area contributed by atoms with Gasteiger partial charge in [0.1, 0.15) is 11.8 Å². The molecule has 0 saturated heterocycles. The topological polar surface area (TPSA) is 58.6 Å². The SMILES string of the molecule is CC(C)c1ccc(OCC(=O)N(Cc2cccc(Br)c2)[C@H](Cc2ccccc2)C(=O)NC2CCCC2)cc1. The first kappa shape index (κ1) is 27.9. The highest BCUT2D eigenvalue weighted by atomic mass is 79.9. The van der Waals surface area contributed by atoms with Gasteiger partial charge in [-0.15, -0.1) is 0 Å². The third-order valence-electron chi connectivity index (χ3n) is 7.12. The van der Waals surface area contributed by atoms with Gasteiger partial charge in [-0.1, -0.05) is 97.2 Å². The lowest BCUT2D eigenvalue weighted by Gasteiger charge is -2.32. The summed E-state index contributed by atoms with van der Waals surface area (Å²) in [5.41, 5.74) is 3.17. The lowest BCUT2D eigenvalue weighted by Crippen LogP contribution is -2.53. The van der Waals surface area contributed by atoms with Crippen LogP contribution < -0.4 is 10.1 Å². The molecular weight excluding hydrogens is 540 g/mol. The maximum absolute atomic E-state index is 13.8. The summed E-state index contributed by atoms with van der Waals surface area (Å²) in [7, 11) is 0. The summed E-state index contributed by atoms with van der Waals surface area (Å²) in [5.74, 6) is 0.731. The highest BCUT2D eigenvalue weighted by Crippen LogP contribution is 2.22. The Labute approximate surface area is 234 Å². The molecule has 38 heavy (non-hydrogen) atoms. The fraction of sp³-hybridized carbons (Fsp3) is 0.375. The fourth-order valence-electron chi connectivity index (χ4n) is 4.93. The number of ether oxygens (including phenoxy) is 1. The average Bonchev–Trinajstić information content (AvgIpc) is 3.43. The minimum Gasteiger partial charge on any atom is -0.484 e. The number of amides is 2. The van der Waals surface area contributed by atoms with Crippen molar-refractivity contribution in [3.63, 3.8) is 0 Å². The van der Waals surface area contributed by atoms with Crippen molar-refractivity contribution < 1.29 is 14.3 Å². The molecule has 1 aliphatic rings. The zero-order valence-electron chi connectivity index (χ0n) is 22.2. The van der Waals surface area contributed by atoms with Crippen LogP contribution in [0.4, 0.5) is 0 Å². The second kappa shape index (κ2) is 13.6. The number of rotatable bonds is 11. The molecule has 0 unspecified atom stereocenters. The predicted molar refractivity (Wildman–Crippen MR) is 155 cm³/mol. The molecular formula is C32H37BrN2O3. The molecule has 1 atom stereocenters. The molecule has 3 aromatic rings. The van der Waals surface area contributed by atoms with Crippen LogP contribution in [0.15, 0.2) is 83.3 Å². The summed E-state index contributed by atoms with van der Waals surface area (Å²) >= 11 is 3.54. The summed E-state index contributed by atoms with van der Waals surface area (Å²) in [5, 5.41) is 3.24. The molecule has 2 amide bonds. The van der Waals surface area contributed by atoms with Crippen molar-refractivity contribution in [3.05, 3.63) is 100 Å². The number of halogens is 1. The molecule has 0 heterocycles. The number of carbonyl (C=O) groups excluding carboxylic acids is 2. The van der Waals surface area contributed by atoms with Crippen LogP contribution in [0.1, 0.15) is 62.1 Å². The fourth-order valence-corrected chi connectivity index (χ4v) is 5.38. The molecule has 0 aromatic heterocycles. The minimum absolute atomic E-state index is 0.106. The maximum atomic E-state index is 13.8. The lowest BCUT2D eigenvalue weighted by atomic mass is 10.0. The Morgan fingerprint density at radius 3 is 2.29 bits per heavy atom. The number of hydrogen-bond donors (Lipinski definition) is 1. The summed E-state index contributed by atoms with van der Waals surface area (Å²) in [4.78, 5) is 29.2. The molecule has 1 N–H and O–H groups in total. The first-order valence-corrected chi connectivity index (χ1v) is 14.3. The van der Waals surface area contributed by atoms with E-state index in [0.29, 0.717) is 24.6 Å². The molecule has 0 aliphatic heterocycles. The van der Waals surface area contributed by atoms with Gasteiger partial charge in [-0.2, -0.15) is 0 Å². The van der Waals surface area contributed by atoms with Gasteiger partial charge in [0.2, 0.25) is 5.91 Å². The van der Waals surface area contributed by atoms with Crippen molar-refractivity contribution in [1.82, 2.24) is 10.2 Å². The number of nitrogens with one attached hydrogen (secondary N) is 1. The zero-order valence-corrected chi connectivity index (χ0v) is 23.8. The number of nitrogens with zero attached hydrogens (tertiary/aromatic N) is 1. The second-order valence-corrected chi connectivity index (χ2v) is 11.3. The Hall–Kier alpha value is -3.12. The van der Waals surface area contributed by atoms with Gasteiger partial charge in [-0.25, -0.2) is 0 Å². The summed E-state index contributed by atoms with van der Waals surface area (Å²) in [6.07, 6.45) is 4.65. The molecule has 3 aromatic carbocycles. The normalized spacial score (nSPS) is 14.3. The van der Waals surface area contributed by atoms with Crippen LogP contribution in [0.25, 0.3) is 0 Å². The third-order valence-corrected chi connectivity index (χ3v) is 7.62. The van der Waals surface area contributed by atoms with E-state index in [4.69, 9.17) is 4.74 Å². The molecule has 200 valence electrons. The highest BCUT2D eigenvalue weighted by molar-refractivity contribution is 9.10. The van der Waals surface area contributed by atoms with E-state index in [-0.39, 0.29) is 24.5 Å². The Bertz CT molecular complexity index is 1190. The van der Waals surface area contributed by atoms with Crippen LogP contribution in [0.5, 0.6) is 5.75 Å². The van der Waals surface area contributed by atoms with Gasteiger partial charge >= 0.3 is 0 Å². The van der Waals surface area contributed by atoms with Gasteiger partial charge < -0.3 is 15.0 Å². The molecule has 1 fully saturated rings. The summed E-state index contributed by atoms with van der Waals surface area (Å²) in [6, 6.07) is 25.1.